The number of carbonyl (C=O) groups is 1. The van der Waals surface area contributed by atoms with Crippen molar-refractivity contribution in [3.63, 3.8) is 0 Å². The van der Waals surface area contributed by atoms with E-state index in [-0.39, 0.29) is 11.7 Å². The summed E-state index contributed by atoms with van der Waals surface area (Å²) in [5.74, 6) is 0.623. The van der Waals surface area contributed by atoms with Gasteiger partial charge in [0.15, 0.2) is 5.78 Å². The zero-order valence-corrected chi connectivity index (χ0v) is 12.6. The monoisotopic (exact) mass is 283 g/mol. The van der Waals surface area contributed by atoms with Crippen molar-refractivity contribution in [2.75, 3.05) is 6.61 Å². The van der Waals surface area contributed by atoms with E-state index in [4.69, 9.17) is 4.74 Å². The molecule has 1 atom stereocenters. The van der Waals surface area contributed by atoms with Gasteiger partial charge in [-0.3, -0.25) is 9.78 Å². The lowest BCUT2D eigenvalue weighted by Crippen LogP contribution is -2.12. The van der Waals surface area contributed by atoms with Crippen LogP contribution in [0.3, 0.4) is 0 Å². The van der Waals surface area contributed by atoms with Gasteiger partial charge in [0.05, 0.1) is 12.8 Å². The Morgan fingerprint density at radius 2 is 1.95 bits per heavy atom. The van der Waals surface area contributed by atoms with Crippen LogP contribution in [-0.4, -0.2) is 17.4 Å². The third-order valence-corrected chi connectivity index (χ3v) is 3.40. The van der Waals surface area contributed by atoms with E-state index in [0.717, 1.165) is 18.4 Å². The third kappa shape index (κ3) is 3.91. The highest BCUT2D eigenvalue weighted by Gasteiger charge is 2.20. The predicted octanol–water partition coefficient (Wildman–Crippen LogP) is 4.25. The predicted molar refractivity (Wildman–Crippen MR) is 83.8 cm³/mol. The number of carbonyl (C=O) groups excluding carboxylic acids is 1. The minimum atomic E-state index is -0.130. The molecule has 0 aliphatic rings. The number of aromatic nitrogens is 1. The summed E-state index contributed by atoms with van der Waals surface area (Å²) in [5, 5.41) is 0. The highest BCUT2D eigenvalue weighted by molar-refractivity contribution is 6.00. The molecule has 0 N–H and O–H groups in total. The van der Waals surface area contributed by atoms with Crippen molar-refractivity contribution < 1.29 is 9.53 Å². The molecule has 21 heavy (non-hydrogen) atoms. The maximum absolute atomic E-state index is 12.7. The van der Waals surface area contributed by atoms with Gasteiger partial charge in [0.1, 0.15) is 5.75 Å². The Morgan fingerprint density at radius 3 is 2.62 bits per heavy atom. The van der Waals surface area contributed by atoms with Gasteiger partial charge in [-0.05, 0) is 24.5 Å². The molecule has 2 rings (SSSR count). The van der Waals surface area contributed by atoms with Crippen molar-refractivity contribution in [3.05, 3.63) is 59.9 Å². The van der Waals surface area contributed by atoms with Gasteiger partial charge in [0, 0.05) is 17.7 Å². The number of nitrogens with zero attached hydrogens (tertiary/aromatic N) is 1. The first-order valence-electron chi connectivity index (χ1n) is 7.43. The zero-order valence-electron chi connectivity index (χ0n) is 12.6. The molecule has 0 saturated carbocycles. The molecule has 1 unspecified atom stereocenters. The summed E-state index contributed by atoms with van der Waals surface area (Å²) >= 11 is 0. The lowest BCUT2D eigenvalue weighted by Gasteiger charge is -2.14. The van der Waals surface area contributed by atoms with Gasteiger partial charge >= 0.3 is 0 Å². The fourth-order valence-electron chi connectivity index (χ4n) is 2.31. The largest absolute Gasteiger partial charge is 0.492 e. The van der Waals surface area contributed by atoms with E-state index < -0.39 is 0 Å². The van der Waals surface area contributed by atoms with E-state index in [9.17, 15) is 4.79 Å². The molecular formula is C18H21NO2. The van der Waals surface area contributed by atoms with Crippen LogP contribution in [0.2, 0.25) is 0 Å². The Labute approximate surface area is 126 Å². The summed E-state index contributed by atoms with van der Waals surface area (Å²) < 4.78 is 5.55. The van der Waals surface area contributed by atoms with Crippen molar-refractivity contribution >= 4 is 5.78 Å². The fourth-order valence-corrected chi connectivity index (χ4v) is 2.31. The molecule has 1 aromatic heterocycles. The van der Waals surface area contributed by atoms with Gasteiger partial charge in [0.2, 0.25) is 0 Å². The Hall–Kier alpha value is -2.16. The first-order valence-corrected chi connectivity index (χ1v) is 7.43. The number of hydrogen-bond donors (Lipinski definition) is 0. The van der Waals surface area contributed by atoms with Gasteiger partial charge in [-0.1, -0.05) is 44.2 Å². The number of ketones is 1. The molecule has 3 heteroatoms. The van der Waals surface area contributed by atoms with Gasteiger partial charge in [-0.15, -0.1) is 0 Å². The summed E-state index contributed by atoms with van der Waals surface area (Å²) in [7, 11) is 0. The number of Topliss-reactive ketones (excluding diaryl/α,β-unsaturated/α-hetero) is 1. The molecule has 0 aliphatic carbocycles. The number of pyridine rings is 1. The van der Waals surface area contributed by atoms with E-state index in [0.29, 0.717) is 17.9 Å². The second-order valence-electron chi connectivity index (χ2n) is 4.99. The van der Waals surface area contributed by atoms with Crippen LogP contribution in [0.5, 0.6) is 5.75 Å². The normalized spacial score (nSPS) is 11.9. The minimum Gasteiger partial charge on any atom is -0.492 e. The van der Waals surface area contributed by atoms with Crippen LogP contribution in [-0.2, 0) is 0 Å². The van der Waals surface area contributed by atoms with Crippen LogP contribution >= 0.6 is 0 Å². The average Bonchev–Trinajstić information content (AvgIpc) is 2.55. The summed E-state index contributed by atoms with van der Waals surface area (Å²) in [6.45, 7) is 4.71. The van der Waals surface area contributed by atoms with Gasteiger partial charge < -0.3 is 4.74 Å². The standard InChI is InChI=1S/C18H21NO2/c1-3-10-21-16-11-15(12-19-13-16)18(20)17(4-2)14-8-6-5-7-9-14/h5-9,11-13,17H,3-4,10H2,1-2H3. The van der Waals surface area contributed by atoms with E-state index in [1.165, 1.54) is 0 Å². The van der Waals surface area contributed by atoms with Crippen LogP contribution in [0.25, 0.3) is 0 Å². The summed E-state index contributed by atoms with van der Waals surface area (Å²) in [6.07, 6.45) is 4.96. The van der Waals surface area contributed by atoms with Crippen LogP contribution in [0.4, 0.5) is 0 Å². The number of rotatable bonds is 7. The van der Waals surface area contributed by atoms with Crippen molar-refractivity contribution in [2.45, 2.75) is 32.6 Å². The SMILES string of the molecule is CCCOc1cncc(C(=O)C(CC)c2ccccc2)c1. The Bertz CT molecular complexity index is 581. The highest BCUT2D eigenvalue weighted by Crippen LogP contribution is 2.25. The topological polar surface area (TPSA) is 39.2 Å². The van der Waals surface area contributed by atoms with E-state index in [1.807, 2.05) is 44.2 Å². The molecule has 0 spiro atoms. The zero-order chi connectivity index (χ0) is 15.1. The van der Waals surface area contributed by atoms with Crippen LogP contribution < -0.4 is 4.74 Å². The van der Waals surface area contributed by atoms with E-state index in [2.05, 4.69) is 4.98 Å². The minimum absolute atomic E-state index is 0.0955. The molecule has 1 aromatic carbocycles. The van der Waals surface area contributed by atoms with Crippen molar-refractivity contribution in [1.82, 2.24) is 4.98 Å². The van der Waals surface area contributed by atoms with Crippen LogP contribution in [0.1, 0.15) is 48.5 Å². The van der Waals surface area contributed by atoms with E-state index >= 15 is 0 Å². The molecular weight excluding hydrogens is 262 g/mol. The van der Waals surface area contributed by atoms with Crippen molar-refractivity contribution in [1.29, 1.82) is 0 Å². The second-order valence-corrected chi connectivity index (χ2v) is 4.99. The molecule has 1 heterocycles. The molecule has 110 valence electrons. The maximum atomic E-state index is 12.7. The smallest absolute Gasteiger partial charge is 0.171 e. The van der Waals surface area contributed by atoms with E-state index in [1.54, 1.807) is 18.5 Å². The average molecular weight is 283 g/mol. The highest BCUT2D eigenvalue weighted by atomic mass is 16.5. The third-order valence-electron chi connectivity index (χ3n) is 3.40. The molecule has 0 bridgehead atoms. The summed E-state index contributed by atoms with van der Waals surface area (Å²) in [4.78, 5) is 16.8. The van der Waals surface area contributed by atoms with Crippen LogP contribution in [0, 0.1) is 0 Å². The second kappa shape index (κ2) is 7.58. The van der Waals surface area contributed by atoms with Crippen molar-refractivity contribution in [3.8, 4) is 5.75 Å². The maximum Gasteiger partial charge on any atom is 0.171 e. The van der Waals surface area contributed by atoms with Crippen LogP contribution in [0.15, 0.2) is 48.8 Å². The molecule has 0 saturated heterocycles. The van der Waals surface area contributed by atoms with Gasteiger partial charge in [-0.2, -0.15) is 0 Å². The molecule has 0 aliphatic heterocycles. The fraction of sp³-hybridized carbons (Fsp3) is 0.333. The van der Waals surface area contributed by atoms with Crippen molar-refractivity contribution in [2.24, 2.45) is 0 Å². The quantitative estimate of drug-likeness (QED) is 0.713. The Morgan fingerprint density at radius 1 is 1.19 bits per heavy atom. The van der Waals surface area contributed by atoms with Gasteiger partial charge in [-0.25, -0.2) is 0 Å². The number of benzene rings is 1. The first-order chi connectivity index (χ1) is 10.3. The lowest BCUT2D eigenvalue weighted by atomic mass is 9.89. The molecule has 0 radical (unpaired) electrons. The molecule has 2 aromatic rings. The Balaban J connectivity index is 2.21. The molecule has 0 amide bonds. The molecule has 0 fully saturated rings. The van der Waals surface area contributed by atoms with Gasteiger partial charge in [0.25, 0.3) is 0 Å². The Kier molecular flexibility index (Phi) is 5.50. The number of hydrogen-bond acceptors (Lipinski definition) is 3. The molecule has 3 nitrogen and oxygen atoms in total. The first kappa shape index (κ1) is 15.2. The summed E-state index contributed by atoms with van der Waals surface area (Å²) in [6, 6.07) is 11.7. The number of ether oxygens (including phenoxy) is 1. The summed E-state index contributed by atoms with van der Waals surface area (Å²) in [5.41, 5.74) is 1.66. The lowest BCUT2D eigenvalue weighted by molar-refractivity contribution is 0.0956.